The largest absolute Gasteiger partial charge is 0.496 e. The molecule has 0 aromatic heterocycles. The van der Waals surface area contributed by atoms with Gasteiger partial charge in [-0.05, 0) is 0 Å². The molecule has 0 aliphatic rings. The molecule has 0 amide bonds. The fraction of sp³-hybridized carbons (Fsp3) is 0.357. The lowest BCUT2D eigenvalue weighted by atomic mass is 9.90. The second-order valence-electron chi connectivity index (χ2n) is 4.69. The van der Waals surface area contributed by atoms with Gasteiger partial charge in [-0.1, -0.05) is 51.1 Å². The number of methoxy groups -OCH3 is 1. The van der Waals surface area contributed by atoms with E-state index in [-0.39, 0.29) is 11.2 Å². The van der Waals surface area contributed by atoms with Crippen LogP contribution >= 0.6 is 0 Å². The summed E-state index contributed by atoms with van der Waals surface area (Å²) in [6.45, 7) is 5.68. The van der Waals surface area contributed by atoms with E-state index in [1.54, 1.807) is 13.2 Å². The van der Waals surface area contributed by atoms with Crippen molar-refractivity contribution in [2.75, 3.05) is 7.11 Å². The molecule has 0 N–H and O–H groups in total. The summed E-state index contributed by atoms with van der Waals surface area (Å²) in [6, 6.07) is 9.62. The predicted octanol–water partition coefficient (Wildman–Crippen LogP) is 3.29. The SMILES string of the molecule is CO/C(=C\C(=O)C(C)(C)C)c1ccccc1. The van der Waals surface area contributed by atoms with E-state index in [1.807, 2.05) is 51.1 Å². The zero-order chi connectivity index (χ0) is 12.2. The molecule has 86 valence electrons. The van der Waals surface area contributed by atoms with E-state index in [9.17, 15) is 4.79 Å². The normalized spacial score (nSPS) is 12.4. The standard InChI is InChI=1S/C14H18O2/c1-14(2,3)13(15)10-12(16-4)11-8-6-5-7-9-11/h5-10H,1-4H3/b12-10-. The number of rotatable bonds is 3. The Balaban J connectivity index is 3.00. The molecule has 0 fully saturated rings. The summed E-state index contributed by atoms with van der Waals surface area (Å²) in [5, 5.41) is 0. The number of allylic oxidation sites excluding steroid dienone is 1. The van der Waals surface area contributed by atoms with E-state index in [0.29, 0.717) is 5.76 Å². The molecule has 0 saturated heterocycles. The molecule has 0 atom stereocenters. The number of ketones is 1. The number of hydrogen-bond donors (Lipinski definition) is 0. The second kappa shape index (κ2) is 4.97. The highest BCUT2D eigenvalue weighted by molar-refractivity contribution is 5.98. The number of carbonyl (C=O) groups excluding carboxylic acids is 1. The molecule has 1 aromatic rings. The van der Waals surface area contributed by atoms with Gasteiger partial charge in [0.05, 0.1) is 7.11 Å². The summed E-state index contributed by atoms with van der Waals surface area (Å²) in [7, 11) is 1.58. The summed E-state index contributed by atoms with van der Waals surface area (Å²) in [5.41, 5.74) is 0.543. The highest BCUT2D eigenvalue weighted by atomic mass is 16.5. The number of benzene rings is 1. The van der Waals surface area contributed by atoms with Crippen molar-refractivity contribution in [3.05, 3.63) is 42.0 Å². The predicted molar refractivity (Wildman–Crippen MR) is 65.9 cm³/mol. The summed E-state index contributed by atoms with van der Waals surface area (Å²) in [6.07, 6.45) is 1.56. The zero-order valence-corrected chi connectivity index (χ0v) is 10.3. The first-order chi connectivity index (χ1) is 7.45. The second-order valence-corrected chi connectivity index (χ2v) is 4.69. The topological polar surface area (TPSA) is 26.3 Å². The van der Waals surface area contributed by atoms with Gasteiger partial charge in [-0.15, -0.1) is 0 Å². The van der Waals surface area contributed by atoms with Crippen molar-refractivity contribution in [2.24, 2.45) is 5.41 Å². The Morgan fingerprint density at radius 1 is 1.19 bits per heavy atom. The van der Waals surface area contributed by atoms with Crippen LogP contribution in [0.4, 0.5) is 0 Å². The average molecular weight is 218 g/mol. The molecule has 1 aromatic carbocycles. The Morgan fingerprint density at radius 3 is 2.19 bits per heavy atom. The molecule has 0 unspecified atom stereocenters. The molecule has 2 nitrogen and oxygen atoms in total. The van der Waals surface area contributed by atoms with Crippen molar-refractivity contribution < 1.29 is 9.53 Å². The van der Waals surface area contributed by atoms with Crippen molar-refractivity contribution in [2.45, 2.75) is 20.8 Å². The van der Waals surface area contributed by atoms with Gasteiger partial charge in [0.25, 0.3) is 0 Å². The quantitative estimate of drug-likeness (QED) is 0.575. The van der Waals surface area contributed by atoms with E-state index >= 15 is 0 Å². The van der Waals surface area contributed by atoms with Crippen molar-refractivity contribution in [1.29, 1.82) is 0 Å². The van der Waals surface area contributed by atoms with E-state index in [1.165, 1.54) is 0 Å². The minimum Gasteiger partial charge on any atom is -0.496 e. The molecule has 0 radical (unpaired) electrons. The molecular formula is C14H18O2. The first-order valence-corrected chi connectivity index (χ1v) is 5.30. The number of carbonyl (C=O) groups is 1. The van der Waals surface area contributed by atoms with Gasteiger partial charge in [-0.25, -0.2) is 0 Å². The summed E-state index contributed by atoms with van der Waals surface area (Å²) in [4.78, 5) is 11.9. The number of ether oxygens (including phenoxy) is 1. The van der Waals surface area contributed by atoms with Gasteiger partial charge in [0.2, 0.25) is 0 Å². The van der Waals surface area contributed by atoms with Crippen LogP contribution in [-0.4, -0.2) is 12.9 Å². The molecular weight excluding hydrogens is 200 g/mol. The van der Waals surface area contributed by atoms with Gasteiger partial charge in [0, 0.05) is 17.1 Å². The molecule has 2 heteroatoms. The Labute approximate surface area is 96.9 Å². The van der Waals surface area contributed by atoms with Crippen LogP contribution in [0, 0.1) is 5.41 Å². The van der Waals surface area contributed by atoms with E-state index < -0.39 is 0 Å². The Bertz CT molecular complexity index is 383. The van der Waals surface area contributed by atoms with Gasteiger partial charge in [0.15, 0.2) is 5.78 Å². The van der Waals surface area contributed by atoms with Crippen molar-refractivity contribution in [1.82, 2.24) is 0 Å². The van der Waals surface area contributed by atoms with Gasteiger partial charge in [-0.3, -0.25) is 4.79 Å². The Hall–Kier alpha value is -1.57. The molecule has 0 spiro atoms. The van der Waals surface area contributed by atoms with E-state index in [4.69, 9.17) is 4.74 Å². The number of hydrogen-bond acceptors (Lipinski definition) is 2. The highest BCUT2D eigenvalue weighted by Gasteiger charge is 2.20. The molecule has 0 aliphatic heterocycles. The van der Waals surface area contributed by atoms with Crippen LogP contribution in [0.3, 0.4) is 0 Å². The first kappa shape index (κ1) is 12.5. The maximum absolute atomic E-state index is 11.9. The molecule has 0 bridgehead atoms. The van der Waals surface area contributed by atoms with Crippen LogP contribution in [0.2, 0.25) is 0 Å². The lowest BCUT2D eigenvalue weighted by molar-refractivity contribution is -0.121. The third kappa shape index (κ3) is 3.23. The van der Waals surface area contributed by atoms with Crippen LogP contribution < -0.4 is 0 Å². The molecule has 0 aliphatic carbocycles. The van der Waals surface area contributed by atoms with Crippen molar-refractivity contribution in [3.8, 4) is 0 Å². The maximum Gasteiger partial charge on any atom is 0.164 e. The van der Waals surface area contributed by atoms with Crippen molar-refractivity contribution >= 4 is 11.5 Å². The maximum atomic E-state index is 11.9. The average Bonchev–Trinajstić information content (AvgIpc) is 2.25. The smallest absolute Gasteiger partial charge is 0.164 e. The van der Waals surface area contributed by atoms with Crippen LogP contribution in [0.5, 0.6) is 0 Å². The lowest BCUT2D eigenvalue weighted by Crippen LogP contribution is -2.18. The monoisotopic (exact) mass is 218 g/mol. The van der Waals surface area contributed by atoms with Crippen LogP contribution in [0.25, 0.3) is 5.76 Å². The van der Waals surface area contributed by atoms with Gasteiger partial charge in [-0.2, -0.15) is 0 Å². The van der Waals surface area contributed by atoms with Gasteiger partial charge >= 0.3 is 0 Å². The zero-order valence-electron chi connectivity index (χ0n) is 10.3. The van der Waals surface area contributed by atoms with Crippen LogP contribution in [0.15, 0.2) is 36.4 Å². The third-order valence-electron chi connectivity index (χ3n) is 2.28. The summed E-state index contributed by atoms with van der Waals surface area (Å²) < 4.78 is 5.24. The Kier molecular flexibility index (Phi) is 3.88. The van der Waals surface area contributed by atoms with Gasteiger partial charge in [0.1, 0.15) is 5.76 Å². The summed E-state index contributed by atoms with van der Waals surface area (Å²) >= 11 is 0. The molecule has 16 heavy (non-hydrogen) atoms. The molecule has 0 saturated carbocycles. The highest BCUT2D eigenvalue weighted by Crippen LogP contribution is 2.20. The van der Waals surface area contributed by atoms with E-state index in [0.717, 1.165) is 5.56 Å². The Morgan fingerprint density at radius 2 is 1.75 bits per heavy atom. The summed E-state index contributed by atoms with van der Waals surface area (Å²) in [5.74, 6) is 0.675. The van der Waals surface area contributed by atoms with Gasteiger partial charge < -0.3 is 4.74 Å². The molecule has 0 heterocycles. The van der Waals surface area contributed by atoms with Crippen LogP contribution in [0.1, 0.15) is 26.3 Å². The fourth-order valence-corrected chi connectivity index (χ4v) is 1.20. The molecule has 1 rings (SSSR count). The first-order valence-electron chi connectivity index (χ1n) is 5.30. The van der Waals surface area contributed by atoms with E-state index in [2.05, 4.69) is 0 Å². The van der Waals surface area contributed by atoms with Crippen molar-refractivity contribution in [3.63, 3.8) is 0 Å². The third-order valence-corrected chi connectivity index (χ3v) is 2.28. The van der Waals surface area contributed by atoms with Crippen LogP contribution in [-0.2, 0) is 9.53 Å². The minimum atomic E-state index is -0.376. The lowest BCUT2D eigenvalue weighted by Gasteiger charge is -2.15. The minimum absolute atomic E-state index is 0.0632. The fourth-order valence-electron chi connectivity index (χ4n) is 1.20.